The number of rotatable bonds is 3. The number of nitrogens with two attached hydrogens (primary N) is 1. The van der Waals surface area contributed by atoms with Crippen molar-refractivity contribution in [3.05, 3.63) is 33.8 Å². The Morgan fingerprint density at radius 3 is 2.47 bits per heavy atom. The maximum absolute atomic E-state index is 13.6. The van der Waals surface area contributed by atoms with Crippen LogP contribution in [0.1, 0.15) is 31.9 Å². The largest absolute Gasteiger partial charge is 0.324 e. The van der Waals surface area contributed by atoms with Crippen molar-refractivity contribution < 1.29 is 8.78 Å². The predicted molar refractivity (Wildman–Crippen MR) is 60.4 cm³/mol. The molecule has 1 atom stereocenters. The minimum atomic E-state index is -0.595. The Morgan fingerprint density at radius 2 is 1.93 bits per heavy atom. The summed E-state index contributed by atoms with van der Waals surface area (Å²) in [7, 11) is 0. The van der Waals surface area contributed by atoms with E-state index in [-0.39, 0.29) is 10.0 Å². The smallest absolute Gasteiger partial charge is 0.145 e. The maximum Gasteiger partial charge on any atom is 0.145 e. The second kappa shape index (κ2) is 5.03. The van der Waals surface area contributed by atoms with Crippen LogP contribution < -0.4 is 5.73 Å². The van der Waals surface area contributed by atoms with E-state index in [1.807, 2.05) is 13.8 Å². The van der Waals surface area contributed by atoms with E-state index in [9.17, 15) is 8.78 Å². The molecule has 15 heavy (non-hydrogen) atoms. The lowest BCUT2D eigenvalue weighted by Crippen LogP contribution is -2.16. The van der Waals surface area contributed by atoms with Gasteiger partial charge in [-0.3, -0.25) is 0 Å². The van der Waals surface area contributed by atoms with E-state index in [0.717, 1.165) is 0 Å². The molecule has 84 valence electrons. The number of hydrogen-bond donors (Lipinski definition) is 1. The number of hydrogen-bond acceptors (Lipinski definition) is 1. The van der Waals surface area contributed by atoms with Crippen LogP contribution in [0.2, 0.25) is 0 Å². The zero-order valence-corrected chi connectivity index (χ0v) is 10.3. The van der Waals surface area contributed by atoms with Gasteiger partial charge in [0.15, 0.2) is 0 Å². The molecule has 0 aromatic heterocycles. The topological polar surface area (TPSA) is 26.0 Å². The fraction of sp³-hybridized carbons (Fsp3) is 0.455. The molecule has 0 spiro atoms. The van der Waals surface area contributed by atoms with Gasteiger partial charge in [-0.15, -0.1) is 0 Å². The van der Waals surface area contributed by atoms with Crippen molar-refractivity contribution in [1.29, 1.82) is 0 Å². The van der Waals surface area contributed by atoms with Gasteiger partial charge in [-0.2, -0.15) is 0 Å². The average molecular weight is 278 g/mol. The Labute approximate surface area is 96.8 Å². The Kier molecular flexibility index (Phi) is 4.22. The first-order valence-corrected chi connectivity index (χ1v) is 5.61. The van der Waals surface area contributed by atoms with Crippen LogP contribution in [0, 0.1) is 17.6 Å². The lowest BCUT2D eigenvalue weighted by Gasteiger charge is -2.16. The van der Waals surface area contributed by atoms with Gasteiger partial charge in [0.05, 0.1) is 4.47 Å². The fourth-order valence-corrected chi connectivity index (χ4v) is 1.85. The van der Waals surface area contributed by atoms with E-state index in [1.165, 1.54) is 12.1 Å². The minimum Gasteiger partial charge on any atom is -0.324 e. The number of benzene rings is 1. The molecule has 0 saturated heterocycles. The molecule has 0 aliphatic heterocycles. The van der Waals surface area contributed by atoms with Gasteiger partial charge >= 0.3 is 0 Å². The average Bonchev–Trinajstić information content (AvgIpc) is 2.11. The molecule has 0 radical (unpaired) electrons. The summed E-state index contributed by atoms with van der Waals surface area (Å²) in [6, 6.07) is 1.97. The van der Waals surface area contributed by atoms with E-state index >= 15 is 0 Å². The van der Waals surface area contributed by atoms with E-state index in [2.05, 4.69) is 15.9 Å². The first-order chi connectivity index (χ1) is 6.93. The minimum absolute atomic E-state index is 0.0296. The van der Waals surface area contributed by atoms with E-state index in [4.69, 9.17) is 5.73 Å². The summed E-state index contributed by atoms with van der Waals surface area (Å²) in [5.74, 6) is -0.871. The molecule has 0 heterocycles. The van der Waals surface area contributed by atoms with Crippen LogP contribution in [-0.2, 0) is 0 Å². The summed E-state index contributed by atoms with van der Waals surface area (Å²) < 4.78 is 27.2. The Morgan fingerprint density at radius 1 is 1.33 bits per heavy atom. The van der Waals surface area contributed by atoms with E-state index in [0.29, 0.717) is 12.3 Å². The van der Waals surface area contributed by atoms with Gasteiger partial charge in [-0.05, 0) is 40.4 Å². The van der Waals surface area contributed by atoms with Gasteiger partial charge in [-0.1, -0.05) is 13.8 Å². The molecule has 1 aromatic carbocycles. The molecule has 0 bridgehead atoms. The van der Waals surface area contributed by atoms with Crippen molar-refractivity contribution in [1.82, 2.24) is 0 Å². The maximum atomic E-state index is 13.6. The third-order valence-electron chi connectivity index (χ3n) is 2.18. The summed E-state index contributed by atoms with van der Waals surface area (Å²) in [4.78, 5) is 0. The summed E-state index contributed by atoms with van der Waals surface area (Å²) in [6.45, 7) is 3.93. The van der Waals surface area contributed by atoms with Crippen LogP contribution >= 0.6 is 15.9 Å². The third kappa shape index (κ3) is 2.98. The lowest BCUT2D eigenvalue weighted by molar-refractivity contribution is 0.462. The third-order valence-corrected chi connectivity index (χ3v) is 2.79. The van der Waals surface area contributed by atoms with Gasteiger partial charge in [0, 0.05) is 11.6 Å². The van der Waals surface area contributed by atoms with E-state index < -0.39 is 17.7 Å². The number of halogens is 3. The van der Waals surface area contributed by atoms with Crippen molar-refractivity contribution >= 4 is 15.9 Å². The van der Waals surface area contributed by atoms with Crippen molar-refractivity contribution in [2.24, 2.45) is 11.7 Å². The van der Waals surface area contributed by atoms with Crippen molar-refractivity contribution in [2.75, 3.05) is 0 Å². The quantitative estimate of drug-likeness (QED) is 0.837. The molecule has 0 fully saturated rings. The summed E-state index contributed by atoms with van der Waals surface area (Å²) in [5, 5.41) is 0. The predicted octanol–water partition coefficient (Wildman–Crippen LogP) is 3.77. The van der Waals surface area contributed by atoms with Crippen LogP contribution in [-0.4, -0.2) is 0 Å². The molecule has 1 rings (SSSR count). The van der Waals surface area contributed by atoms with Crippen molar-refractivity contribution in [2.45, 2.75) is 26.3 Å². The second-order valence-corrected chi connectivity index (χ2v) is 4.85. The van der Waals surface area contributed by atoms with Crippen LogP contribution in [0.5, 0.6) is 0 Å². The molecule has 0 saturated carbocycles. The van der Waals surface area contributed by atoms with Gasteiger partial charge in [0.25, 0.3) is 0 Å². The van der Waals surface area contributed by atoms with Gasteiger partial charge in [-0.25, -0.2) is 8.78 Å². The van der Waals surface area contributed by atoms with Crippen LogP contribution in [0.15, 0.2) is 16.6 Å². The zero-order chi connectivity index (χ0) is 11.6. The molecule has 0 amide bonds. The molecule has 0 aliphatic rings. The highest BCUT2D eigenvalue weighted by Crippen LogP contribution is 2.28. The highest BCUT2D eigenvalue weighted by atomic mass is 79.9. The summed E-state index contributed by atoms with van der Waals surface area (Å²) in [6.07, 6.45) is 0.560. The molecule has 0 aliphatic carbocycles. The normalized spacial score (nSPS) is 13.3. The monoisotopic (exact) mass is 277 g/mol. The summed E-state index contributed by atoms with van der Waals surface area (Å²) >= 11 is 3.02. The highest BCUT2D eigenvalue weighted by Gasteiger charge is 2.19. The Balaban J connectivity index is 3.07. The molecular formula is C11H14BrF2N. The van der Waals surface area contributed by atoms with E-state index in [1.54, 1.807) is 0 Å². The Bertz CT molecular complexity index is 353. The van der Waals surface area contributed by atoms with Gasteiger partial charge in [0.1, 0.15) is 11.6 Å². The van der Waals surface area contributed by atoms with Crippen molar-refractivity contribution in [3.8, 4) is 0 Å². The summed E-state index contributed by atoms with van der Waals surface area (Å²) in [5.41, 5.74) is 5.74. The molecule has 1 nitrogen and oxygen atoms in total. The first-order valence-electron chi connectivity index (χ1n) is 4.82. The standard InChI is InChI=1S/C11H14BrF2N/c1-6(2)5-9(15)10-8(13)4-3-7(12)11(10)14/h3-4,6,9H,5,15H2,1-2H3/t9-/m0/s1. The lowest BCUT2D eigenvalue weighted by atomic mass is 9.97. The highest BCUT2D eigenvalue weighted by molar-refractivity contribution is 9.10. The molecular weight excluding hydrogens is 264 g/mol. The SMILES string of the molecule is CC(C)C[C@H](N)c1c(F)ccc(Br)c1F. The van der Waals surface area contributed by atoms with Crippen LogP contribution in [0.3, 0.4) is 0 Å². The first kappa shape index (κ1) is 12.6. The second-order valence-electron chi connectivity index (χ2n) is 3.99. The molecule has 2 N–H and O–H groups in total. The molecule has 1 aromatic rings. The van der Waals surface area contributed by atoms with Gasteiger partial charge < -0.3 is 5.73 Å². The zero-order valence-electron chi connectivity index (χ0n) is 8.73. The van der Waals surface area contributed by atoms with Gasteiger partial charge in [0.2, 0.25) is 0 Å². The van der Waals surface area contributed by atoms with Crippen molar-refractivity contribution in [3.63, 3.8) is 0 Å². The Hall–Kier alpha value is -0.480. The fourth-order valence-electron chi connectivity index (χ4n) is 1.51. The molecule has 4 heteroatoms. The van der Waals surface area contributed by atoms with Crippen LogP contribution in [0.25, 0.3) is 0 Å². The van der Waals surface area contributed by atoms with Crippen LogP contribution in [0.4, 0.5) is 8.78 Å². The molecule has 0 unspecified atom stereocenters.